The molecule has 0 saturated heterocycles. The van der Waals surface area contributed by atoms with Gasteiger partial charge in [-0.2, -0.15) is 0 Å². The molecule has 3 aromatic rings. The van der Waals surface area contributed by atoms with Gasteiger partial charge in [0.1, 0.15) is 24.4 Å². The minimum Gasteiger partial charge on any atom is -0.493 e. The van der Waals surface area contributed by atoms with Gasteiger partial charge in [-0.25, -0.2) is 0 Å². The fraction of sp³-hybridized carbons (Fsp3) is 0.310. The Bertz CT molecular complexity index is 977. The van der Waals surface area contributed by atoms with E-state index in [1.54, 1.807) is 13.4 Å². The van der Waals surface area contributed by atoms with Gasteiger partial charge in [0, 0.05) is 7.11 Å². The SMILES string of the molecule is COC[C@H]1OC=C[C@@H](OCc2ccccc2)[C@@H](OCc2ccccc2)[C@@H]1OCc1ccccc1. The fourth-order valence-electron chi connectivity index (χ4n) is 3.95. The van der Waals surface area contributed by atoms with E-state index in [4.69, 9.17) is 23.7 Å². The number of benzene rings is 3. The summed E-state index contributed by atoms with van der Waals surface area (Å²) in [5.74, 6) is 0. The third-order valence-electron chi connectivity index (χ3n) is 5.72. The summed E-state index contributed by atoms with van der Waals surface area (Å²) in [7, 11) is 1.66. The summed E-state index contributed by atoms with van der Waals surface area (Å²) in [5.41, 5.74) is 3.26. The van der Waals surface area contributed by atoms with E-state index in [0.29, 0.717) is 26.4 Å². The first-order valence-corrected chi connectivity index (χ1v) is 11.6. The molecular formula is C29H32O5. The largest absolute Gasteiger partial charge is 0.493 e. The lowest BCUT2D eigenvalue weighted by atomic mass is 10.0. The lowest BCUT2D eigenvalue weighted by Crippen LogP contribution is -2.48. The summed E-state index contributed by atoms with van der Waals surface area (Å²) in [6.07, 6.45) is 2.10. The molecule has 0 aliphatic carbocycles. The molecule has 0 N–H and O–H groups in total. The summed E-state index contributed by atoms with van der Waals surface area (Å²) in [4.78, 5) is 0. The van der Waals surface area contributed by atoms with E-state index in [9.17, 15) is 0 Å². The molecule has 1 aliphatic heterocycles. The van der Waals surface area contributed by atoms with Crippen molar-refractivity contribution in [2.24, 2.45) is 0 Å². The highest BCUT2D eigenvalue weighted by Crippen LogP contribution is 2.25. The molecule has 0 fully saturated rings. The van der Waals surface area contributed by atoms with Crippen LogP contribution in [0.25, 0.3) is 0 Å². The number of methoxy groups -OCH3 is 1. The predicted molar refractivity (Wildman–Crippen MR) is 131 cm³/mol. The molecule has 34 heavy (non-hydrogen) atoms. The van der Waals surface area contributed by atoms with Gasteiger partial charge >= 0.3 is 0 Å². The third kappa shape index (κ3) is 7.02. The van der Waals surface area contributed by atoms with Gasteiger partial charge in [-0.15, -0.1) is 0 Å². The zero-order valence-electron chi connectivity index (χ0n) is 19.5. The second-order valence-electron chi connectivity index (χ2n) is 8.24. The molecule has 5 nitrogen and oxygen atoms in total. The van der Waals surface area contributed by atoms with Crippen LogP contribution >= 0.6 is 0 Å². The molecule has 0 spiro atoms. The molecule has 1 heterocycles. The topological polar surface area (TPSA) is 46.2 Å². The van der Waals surface area contributed by atoms with Gasteiger partial charge < -0.3 is 23.7 Å². The molecule has 178 valence electrons. The van der Waals surface area contributed by atoms with Crippen molar-refractivity contribution in [3.05, 3.63) is 120 Å². The molecule has 3 aromatic carbocycles. The molecule has 0 amide bonds. The Morgan fingerprint density at radius 2 is 1.09 bits per heavy atom. The zero-order chi connectivity index (χ0) is 23.4. The number of rotatable bonds is 11. The van der Waals surface area contributed by atoms with Crippen molar-refractivity contribution < 1.29 is 23.7 Å². The molecular weight excluding hydrogens is 428 g/mol. The zero-order valence-corrected chi connectivity index (χ0v) is 19.5. The minimum absolute atomic E-state index is 0.337. The lowest BCUT2D eigenvalue weighted by Gasteiger charge is -2.34. The Morgan fingerprint density at radius 1 is 0.618 bits per heavy atom. The Morgan fingerprint density at radius 3 is 1.59 bits per heavy atom. The van der Waals surface area contributed by atoms with Crippen LogP contribution < -0.4 is 0 Å². The summed E-state index contributed by atoms with van der Waals surface area (Å²) in [6, 6.07) is 30.3. The summed E-state index contributed by atoms with van der Waals surface area (Å²) in [5, 5.41) is 0. The second kappa shape index (κ2) is 13.1. The maximum Gasteiger partial charge on any atom is 0.150 e. The molecule has 4 atom stereocenters. The van der Waals surface area contributed by atoms with Gasteiger partial charge in [0.25, 0.3) is 0 Å². The van der Waals surface area contributed by atoms with Crippen molar-refractivity contribution in [2.45, 2.75) is 44.2 Å². The fourth-order valence-corrected chi connectivity index (χ4v) is 3.95. The molecule has 0 aromatic heterocycles. The van der Waals surface area contributed by atoms with Crippen molar-refractivity contribution in [3.8, 4) is 0 Å². The smallest absolute Gasteiger partial charge is 0.150 e. The molecule has 5 heteroatoms. The van der Waals surface area contributed by atoms with Crippen LogP contribution in [-0.2, 0) is 43.5 Å². The Labute approximate surface area is 201 Å². The quantitative estimate of drug-likeness (QED) is 0.389. The molecule has 0 bridgehead atoms. The average Bonchev–Trinajstić information content (AvgIpc) is 3.05. The predicted octanol–water partition coefficient (Wildman–Crippen LogP) is 5.30. The summed E-state index contributed by atoms with van der Waals surface area (Å²) < 4.78 is 30.8. The van der Waals surface area contributed by atoms with Crippen molar-refractivity contribution in [2.75, 3.05) is 13.7 Å². The van der Waals surface area contributed by atoms with Crippen LogP contribution in [0.5, 0.6) is 0 Å². The highest BCUT2D eigenvalue weighted by Gasteiger charge is 2.39. The first-order chi connectivity index (χ1) is 16.8. The van der Waals surface area contributed by atoms with Gasteiger partial charge in [0.2, 0.25) is 0 Å². The van der Waals surface area contributed by atoms with Gasteiger partial charge in [-0.3, -0.25) is 0 Å². The summed E-state index contributed by atoms with van der Waals surface area (Å²) in [6.45, 7) is 1.71. The molecule has 1 aliphatic rings. The Hall–Kier alpha value is -2.96. The Kier molecular flexibility index (Phi) is 9.29. The highest BCUT2D eigenvalue weighted by molar-refractivity contribution is 5.16. The third-order valence-corrected chi connectivity index (χ3v) is 5.72. The second-order valence-corrected chi connectivity index (χ2v) is 8.24. The first-order valence-electron chi connectivity index (χ1n) is 11.6. The van der Waals surface area contributed by atoms with Gasteiger partial charge in [0.15, 0.2) is 0 Å². The average molecular weight is 461 g/mol. The maximum absolute atomic E-state index is 6.49. The Balaban J connectivity index is 1.55. The monoisotopic (exact) mass is 460 g/mol. The van der Waals surface area contributed by atoms with E-state index < -0.39 is 12.2 Å². The summed E-state index contributed by atoms with van der Waals surface area (Å²) >= 11 is 0. The number of hydrogen-bond donors (Lipinski definition) is 0. The number of ether oxygens (including phenoxy) is 5. The van der Waals surface area contributed by atoms with Crippen molar-refractivity contribution in [1.82, 2.24) is 0 Å². The van der Waals surface area contributed by atoms with E-state index in [-0.39, 0.29) is 12.2 Å². The van der Waals surface area contributed by atoms with Crippen LogP contribution in [0.3, 0.4) is 0 Å². The first kappa shape index (κ1) is 24.2. The van der Waals surface area contributed by atoms with Crippen LogP contribution in [0, 0.1) is 0 Å². The van der Waals surface area contributed by atoms with Crippen LogP contribution in [0.15, 0.2) is 103 Å². The molecule has 0 radical (unpaired) electrons. The van der Waals surface area contributed by atoms with E-state index in [1.807, 2.05) is 84.9 Å². The highest BCUT2D eigenvalue weighted by atomic mass is 16.6. The van der Waals surface area contributed by atoms with Crippen LogP contribution in [-0.4, -0.2) is 38.1 Å². The van der Waals surface area contributed by atoms with Gasteiger partial charge in [0.05, 0.1) is 32.7 Å². The molecule has 4 rings (SSSR count). The van der Waals surface area contributed by atoms with Gasteiger partial charge in [-0.1, -0.05) is 91.0 Å². The van der Waals surface area contributed by atoms with E-state index in [0.717, 1.165) is 16.7 Å². The van der Waals surface area contributed by atoms with E-state index >= 15 is 0 Å². The van der Waals surface area contributed by atoms with Crippen LogP contribution in [0.1, 0.15) is 16.7 Å². The normalized spacial score (nSPS) is 22.1. The van der Waals surface area contributed by atoms with Gasteiger partial charge in [-0.05, 0) is 22.8 Å². The molecule has 0 saturated carbocycles. The van der Waals surface area contributed by atoms with E-state index in [2.05, 4.69) is 12.1 Å². The van der Waals surface area contributed by atoms with Crippen molar-refractivity contribution >= 4 is 0 Å². The van der Waals surface area contributed by atoms with Crippen LogP contribution in [0.2, 0.25) is 0 Å². The molecule has 0 unspecified atom stereocenters. The van der Waals surface area contributed by atoms with Crippen LogP contribution in [0.4, 0.5) is 0 Å². The lowest BCUT2D eigenvalue weighted by molar-refractivity contribution is -0.171. The van der Waals surface area contributed by atoms with E-state index in [1.165, 1.54) is 0 Å². The van der Waals surface area contributed by atoms with Crippen molar-refractivity contribution in [1.29, 1.82) is 0 Å². The maximum atomic E-state index is 6.49. The van der Waals surface area contributed by atoms with Crippen molar-refractivity contribution in [3.63, 3.8) is 0 Å². The minimum atomic E-state index is -0.403. The standard InChI is InChI=1S/C29H32O5/c1-30-22-27-29(34-21-25-15-9-4-10-16-25)28(33-20-24-13-7-3-8-14-24)26(17-18-31-27)32-19-23-11-5-2-6-12-23/h2-18,26-29H,19-22H2,1H3/t26-,27-,28-,29-/m1/s1. The number of hydrogen-bond acceptors (Lipinski definition) is 5.